The van der Waals surface area contributed by atoms with Crippen molar-refractivity contribution in [2.45, 2.75) is 70.2 Å². The van der Waals surface area contributed by atoms with E-state index in [-0.39, 0.29) is 42.8 Å². The lowest BCUT2D eigenvalue weighted by molar-refractivity contribution is -0.147. The second-order valence-corrected chi connectivity index (χ2v) is 6.45. The van der Waals surface area contributed by atoms with Gasteiger partial charge in [0.2, 0.25) is 0 Å². The Balaban J connectivity index is 2.01. The Morgan fingerprint density at radius 1 is 1.39 bits per heavy atom. The Labute approximate surface area is 136 Å². The zero-order chi connectivity index (χ0) is 17.0. The van der Waals surface area contributed by atoms with Crippen molar-refractivity contribution in [3.63, 3.8) is 0 Å². The van der Waals surface area contributed by atoms with Crippen LogP contribution >= 0.6 is 0 Å². The number of esters is 1. The zero-order valence-corrected chi connectivity index (χ0v) is 14.1. The fourth-order valence-corrected chi connectivity index (χ4v) is 3.23. The maximum absolute atomic E-state index is 11.6. The summed E-state index contributed by atoms with van der Waals surface area (Å²) in [6.07, 6.45) is 1.36. The molecule has 2 fully saturated rings. The molecule has 2 aliphatic rings. The molecule has 0 saturated carbocycles. The highest BCUT2D eigenvalue weighted by atomic mass is 16.8. The predicted octanol–water partition coefficient (Wildman–Crippen LogP) is 2.56. The molecule has 0 aliphatic carbocycles. The van der Waals surface area contributed by atoms with E-state index in [0.29, 0.717) is 6.42 Å². The van der Waals surface area contributed by atoms with E-state index < -0.39 is 5.79 Å². The lowest BCUT2D eigenvalue weighted by Gasteiger charge is -2.17. The summed E-state index contributed by atoms with van der Waals surface area (Å²) < 4.78 is 22.3. The van der Waals surface area contributed by atoms with E-state index in [9.17, 15) is 4.79 Å². The Bertz CT molecular complexity index is 478. The Morgan fingerprint density at radius 2 is 2.13 bits per heavy atom. The topological polar surface area (TPSA) is 106 Å². The van der Waals surface area contributed by atoms with Crippen LogP contribution in [0, 0.1) is 5.92 Å². The molecule has 23 heavy (non-hydrogen) atoms. The minimum atomic E-state index is -0.737. The molecule has 130 valence electrons. The van der Waals surface area contributed by atoms with Crippen LogP contribution in [0.15, 0.2) is 5.11 Å². The molecule has 8 heteroatoms. The molecule has 0 spiro atoms. The van der Waals surface area contributed by atoms with Crippen LogP contribution in [0.5, 0.6) is 0 Å². The fourth-order valence-electron chi connectivity index (χ4n) is 3.23. The van der Waals surface area contributed by atoms with Gasteiger partial charge in [0.1, 0.15) is 12.2 Å². The van der Waals surface area contributed by atoms with Gasteiger partial charge in [0.15, 0.2) is 5.79 Å². The van der Waals surface area contributed by atoms with Gasteiger partial charge in [-0.3, -0.25) is 4.79 Å². The van der Waals surface area contributed by atoms with Gasteiger partial charge in [-0.1, -0.05) is 18.5 Å². The summed E-state index contributed by atoms with van der Waals surface area (Å²) in [5, 5.41) is 3.59. The largest absolute Gasteiger partial charge is 0.469 e. The molecule has 0 radical (unpaired) electrons. The van der Waals surface area contributed by atoms with Crippen LogP contribution in [0.4, 0.5) is 0 Å². The maximum Gasteiger partial charge on any atom is 0.305 e. The highest BCUT2D eigenvalue weighted by Gasteiger charge is 2.57. The summed E-state index contributed by atoms with van der Waals surface area (Å²) in [5.74, 6) is -0.864. The van der Waals surface area contributed by atoms with E-state index in [1.165, 1.54) is 7.11 Å². The summed E-state index contributed by atoms with van der Waals surface area (Å²) in [4.78, 5) is 14.4. The molecule has 0 aromatic heterocycles. The minimum Gasteiger partial charge on any atom is -0.469 e. The fraction of sp³-hybridized carbons (Fsp3) is 0.933. The number of epoxide rings is 1. The molecule has 0 N–H and O–H groups in total. The van der Waals surface area contributed by atoms with Crippen molar-refractivity contribution in [2.75, 3.05) is 13.7 Å². The Hall–Kier alpha value is -1.34. The SMILES string of the molecule is CCC[C@@H](CC(=O)OC)[C@@H]1O[C@H]1[C@@H]1OC(C)(C)O[C@@H]1CN=[N+]=[N-]. The van der Waals surface area contributed by atoms with E-state index in [1.807, 2.05) is 13.8 Å². The number of azide groups is 1. The Morgan fingerprint density at radius 3 is 2.74 bits per heavy atom. The lowest BCUT2D eigenvalue weighted by Crippen LogP contribution is -2.33. The van der Waals surface area contributed by atoms with Gasteiger partial charge in [-0.15, -0.1) is 0 Å². The van der Waals surface area contributed by atoms with Crippen molar-refractivity contribution in [1.82, 2.24) is 0 Å². The average Bonchev–Trinajstić information content (AvgIpc) is 3.23. The third kappa shape index (κ3) is 4.57. The van der Waals surface area contributed by atoms with Gasteiger partial charge in [0.25, 0.3) is 0 Å². The summed E-state index contributed by atoms with van der Waals surface area (Å²) >= 11 is 0. The van der Waals surface area contributed by atoms with E-state index in [0.717, 1.165) is 12.8 Å². The third-order valence-corrected chi connectivity index (χ3v) is 4.21. The second-order valence-electron chi connectivity index (χ2n) is 6.45. The molecule has 0 unspecified atom stereocenters. The monoisotopic (exact) mass is 327 g/mol. The van der Waals surface area contributed by atoms with E-state index in [1.54, 1.807) is 0 Å². The van der Waals surface area contributed by atoms with Gasteiger partial charge in [-0.2, -0.15) is 0 Å². The summed E-state index contributed by atoms with van der Waals surface area (Å²) in [6.45, 7) is 5.92. The van der Waals surface area contributed by atoms with Gasteiger partial charge < -0.3 is 18.9 Å². The molecule has 2 saturated heterocycles. The molecule has 0 aromatic rings. The van der Waals surface area contributed by atoms with Gasteiger partial charge in [-0.25, -0.2) is 0 Å². The normalized spacial score (nSPS) is 32.9. The van der Waals surface area contributed by atoms with Gasteiger partial charge >= 0.3 is 5.97 Å². The first-order chi connectivity index (χ1) is 10.9. The summed E-state index contributed by atoms with van der Waals surface area (Å²) in [7, 11) is 1.39. The first-order valence-corrected chi connectivity index (χ1v) is 8.00. The first-order valence-electron chi connectivity index (χ1n) is 8.00. The predicted molar refractivity (Wildman–Crippen MR) is 81.5 cm³/mol. The molecule has 8 nitrogen and oxygen atoms in total. The van der Waals surface area contributed by atoms with E-state index in [2.05, 4.69) is 16.9 Å². The van der Waals surface area contributed by atoms with Crippen LogP contribution in [0.3, 0.4) is 0 Å². The molecule has 2 heterocycles. The maximum atomic E-state index is 11.6. The smallest absolute Gasteiger partial charge is 0.305 e. The molecule has 2 rings (SSSR count). The van der Waals surface area contributed by atoms with Crippen molar-refractivity contribution < 1.29 is 23.7 Å². The van der Waals surface area contributed by atoms with Gasteiger partial charge in [0.05, 0.1) is 32.3 Å². The number of methoxy groups -OCH3 is 1. The Kier molecular flexibility index (Phi) is 5.86. The van der Waals surface area contributed by atoms with Crippen LogP contribution in [0.2, 0.25) is 0 Å². The van der Waals surface area contributed by atoms with Gasteiger partial charge in [-0.05, 0) is 31.7 Å². The number of hydrogen-bond acceptors (Lipinski definition) is 6. The van der Waals surface area contributed by atoms with Crippen molar-refractivity contribution in [3.8, 4) is 0 Å². The van der Waals surface area contributed by atoms with Crippen LogP contribution in [0.25, 0.3) is 10.4 Å². The summed E-state index contributed by atoms with van der Waals surface area (Å²) in [5.41, 5.74) is 8.51. The number of hydrogen-bond donors (Lipinski definition) is 0. The lowest BCUT2D eigenvalue weighted by atomic mass is 9.92. The molecule has 0 bridgehead atoms. The van der Waals surface area contributed by atoms with Crippen molar-refractivity contribution in [1.29, 1.82) is 0 Å². The number of nitrogens with zero attached hydrogens (tertiary/aromatic N) is 3. The van der Waals surface area contributed by atoms with E-state index >= 15 is 0 Å². The molecular formula is C15H25N3O5. The van der Waals surface area contributed by atoms with Crippen LogP contribution < -0.4 is 0 Å². The zero-order valence-electron chi connectivity index (χ0n) is 14.1. The molecule has 0 amide bonds. The first kappa shape index (κ1) is 18.0. The molecule has 5 atom stereocenters. The molecular weight excluding hydrogens is 302 g/mol. The van der Waals surface area contributed by atoms with Crippen LogP contribution in [0.1, 0.15) is 40.0 Å². The number of carbonyl (C=O) groups excluding carboxylic acids is 1. The number of ether oxygens (including phenoxy) is 4. The number of carbonyl (C=O) groups is 1. The second kappa shape index (κ2) is 7.49. The molecule has 2 aliphatic heterocycles. The van der Waals surface area contributed by atoms with E-state index in [4.69, 9.17) is 24.5 Å². The van der Waals surface area contributed by atoms with Gasteiger partial charge in [0, 0.05) is 4.91 Å². The highest BCUT2D eigenvalue weighted by molar-refractivity contribution is 5.69. The molecule has 0 aromatic carbocycles. The van der Waals surface area contributed by atoms with Crippen LogP contribution in [-0.4, -0.2) is 49.8 Å². The minimum absolute atomic E-state index is 0.0508. The number of rotatable bonds is 8. The highest BCUT2D eigenvalue weighted by Crippen LogP contribution is 2.43. The van der Waals surface area contributed by atoms with Crippen molar-refractivity contribution in [3.05, 3.63) is 10.4 Å². The summed E-state index contributed by atoms with van der Waals surface area (Å²) in [6, 6.07) is 0. The van der Waals surface area contributed by atoms with Crippen LogP contribution in [-0.2, 0) is 23.7 Å². The standard InChI is InChI=1S/C15H25N3O5/c1-5-6-9(7-11(19)20-4)12-14(21-12)13-10(8-17-18-16)22-15(2,3)23-13/h9-10,12-14H,5-8H2,1-4H3/t9-,10+,12-,13+,14+/m0/s1. The van der Waals surface area contributed by atoms with Crippen molar-refractivity contribution >= 4 is 5.97 Å². The van der Waals surface area contributed by atoms with Crippen molar-refractivity contribution in [2.24, 2.45) is 11.0 Å². The third-order valence-electron chi connectivity index (χ3n) is 4.21. The quantitative estimate of drug-likeness (QED) is 0.224. The average molecular weight is 327 g/mol.